The van der Waals surface area contributed by atoms with Crippen LogP contribution in [0.2, 0.25) is 0 Å². The van der Waals surface area contributed by atoms with Gasteiger partial charge in [0.15, 0.2) is 0 Å². The van der Waals surface area contributed by atoms with E-state index in [0.29, 0.717) is 0 Å². The molecule has 0 radical (unpaired) electrons. The third-order valence-electron chi connectivity index (χ3n) is 2.11. The Balaban J connectivity index is 2.54. The molecule has 0 aromatic heterocycles. The van der Waals surface area contributed by atoms with Crippen LogP contribution >= 0.6 is 0 Å². The molecule has 0 unspecified atom stereocenters. The maximum absolute atomic E-state index is 12.1. The Hall–Kier alpha value is -0.670. The van der Waals surface area contributed by atoms with Gasteiger partial charge in [-0.15, -0.1) is 0 Å². The van der Waals surface area contributed by atoms with E-state index in [4.69, 9.17) is 5.21 Å². The zero-order valence-corrected chi connectivity index (χ0v) is 6.13. The number of hydrogen-bond donors (Lipinski definition) is 1. The van der Waals surface area contributed by atoms with Crippen LogP contribution in [-0.2, 0) is 0 Å². The van der Waals surface area contributed by atoms with E-state index in [1.807, 2.05) is 0 Å². The summed E-state index contributed by atoms with van der Waals surface area (Å²) in [6, 6.07) is 0. The zero-order chi connectivity index (χ0) is 8.27. The maximum atomic E-state index is 12.1. The van der Waals surface area contributed by atoms with Crippen LogP contribution < -0.4 is 0 Å². The Morgan fingerprint density at radius 1 is 1.36 bits per heavy atom. The highest BCUT2D eigenvalue weighted by Gasteiger charge is 2.27. The summed E-state index contributed by atoms with van der Waals surface area (Å²) < 4.78 is 24.1. The first-order valence-electron chi connectivity index (χ1n) is 3.75. The second-order valence-electron chi connectivity index (χ2n) is 2.81. The molecule has 0 saturated heterocycles. The van der Waals surface area contributed by atoms with Crippen molar-refractivity contribution in [3.63, 3.8) is 0 Å². The molecule has 0 heterocycles. The summed E-state index contributed by atoms with van der Waals surface area (Å²) in [5.41, 5.74) is -0.331. The first-order chi connectivity index (χ1) is 5.25. The predicted octanol–water partition coefficient (Wildman–Crippen LogP) is 2.27. The highest BCUT2D eigenvalue weighted by molar-refractivity contribution is 5.89. The van der Waals surface area contributed by atoms with Crippen molar-refractivity contribution in [2.45, 2.75) is 32.1 Å². The van der Waals surface area contributed by atoms with Gasteiger partial charge in [-0.2, -0.15) is 0 Å². The van der Waals surface area contributed by atoms with Crippen LogP contribution in [0, 0.1) is 5.92 Å². The van der Waals surface area contributed by atoms with Crippen molar-refractivity contribution >= 4 is 5.71 Å². The molecule has 11 heavy (non-hydrogen) atoms. The van der Waals surface area contributed by atoms with Crippen LogP contribution in [-0.4, -0.2) is 17.3 Å². The molecule has 1 N–H and O–H groups in total. The van der Waals surface area contributed by atoms with E-state index in [0.717, 1.165) is 25.7 Å². The van der Waals surface area contributed by atoms with Crippen LogP contribution in [0.5, 0.6) is 0 Å². The van der Waals surface area contributed by atoms with Crippen LogP contribution in [0.15, 0.2) is 5.16 Å². The minimum absolute atomic E-state index is 0.181. The molecule has 0 bridgehead atoms. The van der Waals surface area contributed by atoms with Crippen molar-refractivity contribution in [2.24, 2.45) is 11.1 Å². The molecule has 64 valence electrons. The minimum Gasteiger partial charge on any atom is -0.411 e. The van der Waals surface area contributed by atoms with Crippen molar-refractivity contribution in [3.8, 4) is 0 Å². The average Bonchev–Trinajstić information content (AvgIpc) is 2.40. The van der Waals surface area contributed by atoms with Crippen LogP contribution in [0.4, 0.5) is 8.78 Å². The van der Waals surface area contributed by atoms with Gasteiger partial charge in [0, 0.05) is 5.92 Å². The average molecular weight is 163 g/mol. The lowest BCUT2D eigenvalue weighted by Crippen LogP contribution is -2.19. The van der Waals surface area contributed by atoms with Gasteiger partial charge in [-0.1, -0.05) is 18.0 Å². The van der Waals surface area contributed by atoms with E-state index in [-0.39, 0.29) is 11.6 Å². The fourth-order valence-corrected chi connectivity index (χ4v) is 1.53. The molecule has 1 fully saturated rings. The number of halogens is 2. The molecule has 0 aromatic rings. The van der Waals surface area contributed by atoms with Gasteiger partial charge in [0.25, 0.3) is 6.43 Å². The second kappa shape index (κ2) is 3.64. The molecule has 0 amide bonds. The first-order valence-corrected chi connectivity index (χ1v) is 3.75. The molecule has 4 heteroatoms. The van der Waals surface area contributed by atoms with Gasteiger partial charge < -0.3 is 5.21 Å². The summed E-state index contributed by atoms with van der Waals surface area (Å²) in [7, 11) is 0. The van der Waals surface area contributed by atoms with E-state index in [1.165, 1.54) is 0 Å². The number of oxime groups is 1. The zero-order valence-electron chi connectivity index (χ0n) is 6.13. The van der Waals surface area contributed by atoms with E-state index >= 15 is 0 Å². The van der Waals surface area contributed by atoms with Crippen molar-refractivity contribution in [1.82, 2.24) is 0 Å². The fraction of sp³-hybridized carbons (Fsp3) is 0.857. The van der Waals surface area contributed by atoms with E-state index in [2.05, 4.69) is 5.16 Å². The Labute approximate surface area is 63.9 Å². The summed E-state index contributed by atoms with van der Waals surface area (Å²) in [6.07, 6.45) is 0.823. The molecule has 1 aliphatic rings. The van der Waals surface area contributed by atoms with Crippen molar-refractivity contribution < 1.29 is 14.0 Å². The topological polar surface area (TPSA) is 32.6 Å². The first kappa shape index (κ1) is 8.43. The number of hydrogen-bond acceptors (Lipinski definition) is 2. The van der Waals surface area contributed by atoms with Crippen molar-refractivity contribution in [2.75, 3.05) is 0 Å². The van der Waals surface area contributed by atoms with Crippen molar-refractivity contribution in [3.05, 3.63) is 0 Å². The summed E-state index contributed by atoms with van der Waals surface area (Å²) in [5.74, 6) is -0.181. The van der Waals surface area contributed by atoms with Crippen LogP contribution in [0.1, 0.15) is 25.7 Å². The van der Waals surface area contributed by atoms with Gasteiger partial charge in [0.05, 0.1) is 0 Å². The Kier molecular flexibility index (Phi) is 2.79. The van der Waals surface area contributed by atoms with Gasteiger partial charge in [-0.05, 0) is 12.8 Å². The molecule has 1 rings (SSSR count). The maximum Gasteiger partial charge on any atom is 0.280 e. The predicted molar refractivity (Wildman–Crippen MR) is 37.2 cm³/mol. The Bertz CT molecular complexity index is 153. The fourth-order valence-electron chi connectivity index (χ4n) is 1.53. The van der Waals surface area contributed by atoms with Gasteiger partial charge in [-0.3, -0.25) is 0 Å². The molecule has 0 atom stereocenters. The van der Waals surface area contributed by atoms with Crippen molar-refractivity contribution in [1.29, 1.82) is 0 Å². The van der Waals surface area contributed by atoms with Crippen LogP contribution in [0.25, 0.3) is 0 Å². The van der Waals surface area contributed by atoms with E-state index in [9.17, 15) is 8.78 Å². The summed E-state index contributed by atoms with van der Waals surface area (Å²) in [6.45, 7) is 0. The van der Waals surface area contributed by atoms with Crippen LogP contribution in [0.3, 0.4) is 0 Å². The minimum atomic E-state index is -2.59. The molecule has 0 aliphatic heterocycles. The van der Waals surface area contributed by atoms with Gasteiger partial charge >= 0.3 is 0 Å². The van der Waals surface area contributed by atoms with E-state index < -0.39 is 6.43 Å². The number of nitrogens with zero attached hydrogens (tertiary/aromatic N) is 1. The lowest BCUT2D eigenvalue weighted by atomic mass is 10.0. The standard InChI is InChI=1S/C7H11F2NO/c8-7(9)6(10-11)5-3-1-2-4-5/h5,7,11H,1-4H2. The molecule has 2 nitrogen and oxygen atoms in total. The molecular weight excluding hydrogens is 152 g/mol. The quantitative estimate of drug-likeness (QED) is 0.378. The Morgan fingerprint density at radius 2 is 1.91 bits per heavy atom. The highest BCUT2D eigenvalue weighted by atomic mass is 19.3. The lowest BCUT2D eigenvalue weighted by molar-refractivity contribution is 0.205. The van der Waals surface area contributed by atoms with Gasteiger partial charge in [0.2, 0.25) is 0 Å². The molecule has 1 saturated carbocycles. The van der Waals surface area contributed by atoms with Gasteiger partial charge in [0.1, 0.15) is 5.71 Å². The largest absolute Gasteiger partial charge is 0.411 e. The molecule has 1 aliphatic carbocycles. The summed E-state index contributed by atoms with van der Waals surface area (Å²) >= 11 is 0. The smallest absolute Gasteiger partial charge is 0.280 e. The number of alkyl halides is 2. The number of rotatable bonds is 2. The summed E-state index contributed by atoms with van der Waals surface area (Å²) in [4.78, 5) is 0. The second-order valence-corrected chi connectivity index (χ2v) is 2.81. The third-order valence-corrected chi connectivity index (χ3v) is 2.11. The highest BCUT2D eigenvalue weighted by Crippen LogP contribution is 2.27. The molecular formula is C7H11F2NO. The SMILES string of the molecule is ON=C(C(F)F)C1CCCC1. The van der Waals surface area contributed by atoms with E-state index in [1.54, 1.807) is 0 Å². The van der Waals surface area contributed by atoms with Gasteiger partial charge in [-0.25, -0.2) is 8.78 Å². The molecule has 0 spiro atoms. The normalized spacial score (nSPS) is 21.5. The molecule has 0 aromatic carbocycles. The monoisotopic (exact) mass is 163 g/mol. The summed E-state index contributed by atoms with van der Waals surface area (Å²) in [5, 5.41) is 10.9. The Morgan fingerprint density at radius 3 is 2.27 bits per heavy atom. The third kappa shape index (κ3) is 1.88. The lowest BCUT2D eigenvalue weighted by Gasteiger charge is -2.08.